The molecule has 0 aliphatic carbocycles. The molecule has 2 rings (SSSR count). The Hall–Kier alpha value is -0.770. The van der Waals surface area contributed by atoms with Crippen molar-refractivity contribution in [3.05, 3.63) is 12.3 Å². The van der Waals surface area contributed by atoms with E-state index in [0.29, 0.717) is 5.88 Å². The molecule has 0 aromatic carbocycles. The average molecular weight is 142 g/mol. The van der Waals surface area contributed by atoms with Crippen molar-refractivity contribution in [1.82, 2.24) is 4.98 Å². The summed E-state index contributed by atoms with van der Waals surface area (Å²) in [5, 5.41) is 2.97. The van der Waals surface area contributed by atoms with Gasteiger partial charge >= 0.3 is 0 Å². The fraction of sp³-hybridized carbons (Fsp3) is 0.200. The van der Waals surface area contributed by atoms with Gasteiger partial charge in [0, 0.05) is 6.20 Å². The predicted molar refractivity (Wildman–Crippen MR) is 35.7 cm³/mol. The van der Waals surface area contributed by atoms with Gasteiger partial charge in [-0.3, -0.25) is 4.21 Å². The second-order valence-electron chi connectivity index (χ2n) is 1.88. The Morgan fingerprint density at radius 3 is 3.33 bits per heavy atom. The summed E-state index contributed by atoms with van der Waals surface area (Å²) in [5.74, 6) is 1.47. The smallest absolute Gasteiger partial charge is 0.120 e. The molecule has 0 saturated heterocycles. The Bertz CT molecular complexity index is 255. The third-order valence-electron chi connectivity index (χ3n) is 1.33. The minimum atomic E-state index is -0.809. The van der Waals surface area contributed by atoms with Crippen LogP contribution in [-0.2, 0) is 10.8 Å². The number of rotatable bonds is 0. The first kappa shape index (κ1) is 5.05. The van der Waals surface area contributed by atoms with Gasteiger partial charge in [-0.1, -0.05) is 0 Å². The van der Waals surface area contributed by atoms with Crippen LogP contribution in [0.3, 0.4) is 0 Å². The summed E-state index contributed by atoms with van der Waals surface area (Å²) in [6, 6.07) is 1.84. The van der Waals surface area contributed by atoms with Crippen molar-refractivity contribution >= 4 is 16.6 Å². The Kier molecular flexibility index (Phi) is 0.900. The molecule has 48 valence electrons. The number of hydrogen-bond acceptors (Lipinski definition) is 2. The maximum Gasteiger partial charge on any atom is 0.120 e. The van der Waals surface area contributed by atoms with Gasteiger partial charge in [-0.2, -0.15) is 0 Å². The second-order valence-corrected chi connectivity index (χ2v) is 3.30. The van der Waals surface area contributed by atoms with Gasteiger partial charge in [0.05, 0.1) is 21.6 Å². The van der Waals surface area contributed by atoms with E-state index >= 15 is 0 Å². The first-order chi connectivity index (χ1) is 4.38. The second kappa shape index (κ2) is 1.60. The van der Waals surface area contributed by atoms with Crippen LogP contribution in [0.1, 0.15) is 0 Å². The molecule has 1 unspecified atom stereocenters. The third-order valence-corrected chi connectivity index (χ3v) is 2.57. The molecule has 0 saturated carbocycles. The molecule has 1 aliphatic heterocycles. The zero-order chi connectivity index (χ0) is 6.27. The summed E-state index contributed by atoms with van der Waals surface area (Å²) in [5.41, 5.74) is 0. The van der Waals surface area contributed by atoms with Gasteiger partial charge in [0.15, 0.2) is 0 Å². The highest BCUT2D eigenvalue weighted by Crippen LogP contribution is 2.22. The van der Waals surface area contributed by atoms with Crippen LogP contribution in [0.4, 0.5) is 5.82 Å². The van der Waals surface area contributed by atoms with Crippen LogP contribution in [0.25, 0.3) is 0 Å². The fourth-order valence-corrected chi connectivity index (χ4v) is 1.91. The first-order valence-electron chi connectivity index (χ1n) is 2.67. The largest absolute Gasteiger partial charge is 0.359 e. The first-order valence-corrected chi connectivity index (χ1v) is 3.99. The lowest BCUT2D eigenvalue weighted by molar-refractivity contribution is 0.686. The molecule has 1 aromatic rings. The third kappa shape index (κ3) is 0.595. The van der Waals surface area contributed by atoms with Crippen LogP contribution in [0.2, 0.25) is 0 Å². The van der Waals surface area contributed by atoms with Crippen LogP contribution < -0.4 is 5.32 Å². The molecule has 0 bridgehead atoms. The SMILES string of the molecule is O=S1CNc2[nH]ccc21. The zero-order valence-corrected chi connectivity index (χ0v) is 5.49. The van der Waals surface area contributed by atoms with Gasteiger partial charge < -0.3 is 10.3 Å². The van der Waals surface area contributed by atoms with E-state index in [1.54, 1.807) is 6.20 Å². The van der Waals surface area contributed by atoms with Crippen molar-refractivity contribution in [2.45, 2.75) is 4.90 Å². The van der Waals surface area contributed by atoms with Crippen molar-refractivity contribution in [2.24, 2.45) is 0 Å². The van der Waals surface area contributed by atoms with Crippen molar-refractivity contribution in [1.29, 1.82) is 0 Å². The number of H-pyrrole nitrogens is 1. The summed E-state index contributed by atoms with van der Waals surface area (Å²) >= 11 is 0. The molecule has 3 nitrogen and oxygen atoms in total. The molecular weight excluding hydrogens is 136 g/mol. The fourth-order valence-electron chi connectivity index (χ4n) is 0.898. The number of nitrogens with one attached hydrogen (secondary N) is 2. The van der Waals surface area contributed by atoms with Crippen molar-refractivity contribution in [2.75, 3.05) is 11.2 Å². The summed E-state index contributed by atoms with van der Waals surface area (Å²) in [6.07, 6.45) is 1.79. The van der Waals surface area contributed by atoms with E-state index in [9.17, 15) is 4.21 Å². The Morgan fingerprint density at radius 1 is 1.67 bits per heavy atom. The zero-order valence-electron chi connectivity index (χ0n) is 4.68. The summed E-state index contributed by atoms with van der Waals surface area (Å²) in [7, 11) is -0.809. The maximum absolute atomic E-state index is 11.0. The number of fused-ring (bicyclic) bond motifs is 1. The average Bonchev–Trinajstić information content (AvgIpc) is 2.35. The molecule has 2 N–H and O–H groups in total. The summed E-state index contributed by atoms with van der Waals surface area (Å²) < 4.78 is 11.0. The standard InChI is InChI=1S/C5H6N2OS/c8-9-3-7-5-4(9)1-2-6-5/h1-2,6-7H,3H2. The monoisotopic (exact) mass is 142 g/mol. The summed E-state index contributed by atoms with van der Waals surface area (Å²) in [4.78, 5) is 3.84. The van der Waals surface area contributed by atoms with E-state index in [4.69, 9.17) is 0 Å². The molecule has 1 aliphatic rings. The highest BCUT2D eigenvalue weighted by atomic mass is 32.2. The van der Waals surface area contributed by atoms with E-state index in [1.165, 1.54) is 0 Å². The summed E-state index contributed by atoms with van der Waals surface area (Å²) in [6.45, 7) is 0. The molecular formula is C5H6N2OS. The topological polar surface area (TPSA) is 44.9 Å². The van der Waals surface area contributed by atoms with Crippen LogP contribution in [0, 0.1) is 0 Å². The van der Waals surface area contributed by atoms with E-state index in [2.05, 4.69) is 10.3 Å². The van der Waals surface area contributed by atoms with E-state index in [0.717, 1.165) is 10.7 Å². The van der Waals surface area contributed by atoms with Gasteiger partial charge in [0.2, 0.25) is 0 Å². The van der Waals surface area contributed by atoms with Gasteiger partial charge in [-0.05, 0) is 6.07 Å². The highest BCUT2D eigenvalue weighted by molar-refractivity contribution is 7.85. The van der Waals surface area contributed by atoms with Crippen molar-refractivity contribution in [3.8, 4) is 0 Å². The minimum Gasteiger partial charge on any atom is -0.359 e. The molecule has 9 heavy (non-hydrogen) atoms. The minimum absolute atomic E-state index is 0.558. The lowest BCUT2D eigenvalue weighted by Crippen LogP contribution is -1.96. The van der Waals surface area contributed by atoms with Crippen LogP contribution in [0.5, 0.6) is 0 Å². The van der Waals surface area contributed by atoms with Crippen LogP contribution >= 0.6 is 0 Å². The highest BCUT2D eigenvalue weighted by Gasteiger charge is 2.16. The van der Waals surface area contributed by atoms with Crippen LogP contribution in [-0.4, -0.2) is 15.1 Å². The molecule has 1 atom stereocenters. The van der Waals surface area contributed by atoms with Gasteiger partial charge in [-0.25, -0.2) is 0 Å². The Morgan fingerprint density at radius 2 is 2.56 bits per heavy atom. The van der Waals surface area contributed by atoms with E-state index < -0.39 is 10.8 Å². The molecule has 2 heterocycles. The van der Waals surface area contributed by atoms with E-state index in [-0.39, 0.29) is 0 Å². The Balaban J connectivity index is 2.61. The van der Waals surface area contributed by atoms with Gasteiger partial charge in [0.25, 0.3) is 0 Å². The normalized spacial score (nSPS) is 23.3. The lowest BCUT2D eigenvalue weighted by Gasteiger charge is -1.85. The quantitative estimate of drug-likeness (QED) is 0.554. The number of hydrogen-bond donors (Lipinski definition) is 2. The van der Waals surface area contributed by atoms with Gasteiger partial charge in [0.1, 0.15) is 5.82 Å². The number of aromatic amines is 1. The molecule has 1 aromatic heterocycles. The number of aromatic nitrogens is 1. The molecule has 0 amide bonds. The van der Waals surface area contributed by atoms with Gasteiger partial charge in [-0.15, -0.1) is 0 Å². The molecule has 0 radical (unpaired) electrons. The lowest BCUT2D eigenvalue weighted by atomic mass is 10.6. The molecule has 0 fully saturated rings. The Labute approximate surface area is 54.9 Å². The number of anilines is 1. The molecule has 0 spiro atoms. The maximum atomic E-state index is 11.0. The van der Waals surface area contributed by atoms with Crippen molar-refractivity contribution < 1.29 is 4.21 Å². The molecule has 4 heteroatoms. The predicted octanol–water partition coefficient (Wildman–Crippen LogP) is 0.505. The van der Waals surface area contributed by atoms with Crippen molar-refractivity contribution in [3.63, 3.8) is 0 Å². The van der Waals surface area contributed by atoms with E-state index in [1.807, 2.05) is 6.07 Å². The van der Waals surface area contributed by atoms with Crippen LogP contribution in [0.15, 0.2) is 17.2 Å².